The van der Waals surface area contributed by atoms with Gasteiger partial charge in [0.15, 0.2) is 0 Å². The molecule has 0 radical (unpaired) electrons. The van der Waals surface area contributed by atoms with E-state index in [1.807, 2.05) is 36.1 Å². The molecule has 1 aliphatic heterocycles. The maximum atomic E-state index is 12.8. The zero-order chi connectivity index (χ0) is 20.3. The minimum Gasteiger partial charge on any atom is -0.324 e. The normalized spacial score (nSPS) is 17.6. The van der Waals surface area contributed by atoms with Crippen molar-refractivity contribution in [3.63, 3.8) is 0 Å². The van der Waals surface area contributed by atoms with E-state index in [0.29, 0.717) is 36.3 Å². The highest BCUT2D eigenvalue weighted by Gasteiger charge is 2.32. The number of para-hydroxylation sites is 1. The monoisotopic (exact) mass is 421 g/mol. The molecule has 1 unspecified atom stereocenters. The Morgan fingerprint density at radius 2 is 1.71 bits per heavy atom. The molecule has 2 aromatic rings. The number of hydrogen-bond acceptors (Lipinski definition) is 5. The Labute approximate surface area is 171 Å². The number of nitrogens with one attached hydrogen (secondary N) is 1. The van der Waals surface area contributed by atoms with Gasteiger partial charge >= 0.3 is 0 Å². The Morgan fingerprint density at radius 3 is 2.32 bits per heavy atom. The van der Waals surface area contributed by atoms with E-state index in [4.69, 9.17) is 0 Å². The summed E-state index contributed by atoms with van der Waals surface area (Å²) in [4.78, 5) is 14.8. The van der Waals surface area contributed by atoms with Crippen molar-refractivity contribution in [3.8, 4) is 0 Å². The van der Waals surface area contributed by atoms with Crippen LogP contribution in [0.5, 0.6) is 0 Å². The summed E-state index contributed by atoms with van der Waals surface area (Å²) in [6, 6.07) is 10.9. The van der Waals surface area contributed by atoms with Crippen LogP contribution in [-0.4, -0.2) is 55.8 Å². The van der Waals surface area contributed by atoms with Gasteiger partial charge in [-0.3, -0.25) is 9.69 Å². The standard InChI is InChI=1S/C20H27N3O3S2/c1-15(2)17-7-4-5-8-18(17)21-20(24)16(3)22-10-12-23(13-11-22)28(25,26)19-9-6-14-27-19/h4-9,14-16H,10-13H2,1-3H3,(H,21,24). The molecule has 1 aromatic heterocycles. The molecule has 1 N–H and O–H groups in total. The van der Waals surface area contributed by atoms with Gasteiger partial charge in [-0.15, -0.1) is 11.3 Å². The zero-order valence-electron chi connectivity index (χ0n) is 16.5. The maximum absolute atomic E-state index is 12.8. The van der Waals surface area contributed by atoms with Gasteiger partial charge in [-0.05, 0) is 35.9 Å². The van der Waals surface area contributed by atoms with Gasteiger partial charge in [0, 0.05) is 31.9 Å². The molecule has 0 spiro atoms. The summed E-state index contributed by atoms with van der Waals surface area (Å²) in [6.07, 6.45) is 0. The molecule has 0 saturated carbocycles. The first kappa shape index (κ1) is 21.0. The summed E-state index contributed by atoms with van der Waals surface area (Å²) in [6.45, 7) is 7.91. The van der Waals surface area contributed by atoms with Crippen molar-refractivity contribution in [1.29, 1.82) is 0 Å². The van der Waals surface area contributed by atoms with E-state index < -0.39 is 10.0 Å². The fourth-order valence-corrected chi connectivity index (χ4v) is 5.95. The quantitative estimate of drug-likeness (QED) is 0.778. The molecule has 6 nitrogen and oxygen atoms in total. The van der Waals surface area contributed by atoms with E-state index in [1.165, 1.54) is 15.6 Å². The van der Waals surface area contributed by atoms with Crippen molar-refractivity contribution in [2.45, 2.75) is 36.9 Å². The highest BCUT2D eigenvalue weighted by atomic mass is 32.2. The summed E-state index contributed by atoms with van der Waals surface area (Å²) < 4.78 is 27.2. The van der Waals surface area contributed by atoms with E-state index in [-0.39, 0.29) is 11.9 Å². The van der Waals surface area contributed by atoms with E-state index in [9.17, 15) is 13.2 Å². The van der Waals surface area contributed by atoms with E-state index in [2.05, 4.69) is 19.2 Å². The molecule has 1 saturated heterocycles. The number of carbonyl (C=O) groups excluding carboxylic acids is 1. The Hall–Kier alpha value is -1.74. The van der Waals surface area contributed by atoms with Crippen LogP contribution in [0.25, 0.3) is 0 Å². The second-order valence-electron chi connectivity index (χ2n) is 7.28. The van der Waals surface area contributed by atoms with E-state index in [0.717, 1.165) is 11.3 Å². The van der Waals surface area contributed by atoms with Gasteiger partial charge in [-0.25, -0.2) is 8.42 Å². The lowest BCUT2D eigenvalue weighted by Gasteiger charge is -2.36. The SMILES string of the molecule is CC(C)c1ccccc1NC(=O)C(C)N1CCN(S(=O)(=O)c2cccs2)CC1. The number of amides is 1. The predicted molar refractivity (Wildman–Crippen MR) is 113 cm³/mol. The number of hydrogen-bond donors (Lipinski definition) is 1. The lowest BCUT2D eigenvalue weighted by molar-refractivity contribution is -0.121. The van der Waals surface area contributed by atoms with Crippen molar-refractivity contribution >= 4 is 33.0 Å². The first-order valence-corrected chi connectivity index (χ1v) is 11.8. The fraction of sp³-hybridized carbons (Fsp3) is 0.450. The van der Waals surface area contributed by atoms with Gasteiger partial charge < -0.3 is 5.32 Å². The van der Waals surface area contributed by atoms with Crippen LogP contribution in [0.3, 0.4) is 0 Å². The summed E-state index contributed by atoms with van der Waals surface area (Å²) in [5.41, 5.74) is 1.95. The third kappa shape index (κ3) is 4.46. The third-order valence-corrected chi connectivity index (χ3v) is 8.40. The predicted octanol–water partition coefficient (Wildman–Crippen LogP) is 3.21. The lowest BCUT2D eigenvalue weighted by Crippen LogP contribution is -2.53. The molecule has 1 amide bonds. The van der Waals surface area contributed by atoms with Crippen molar-refractivity contribution in [2.24, 2.45) is 0 Å². The van der Waals surface area contributed by atoms with Gasteiger partial charge in [0.05, 0.1) is 6.04 Å². The van der Waals surface area contributed by atoms with Crippen molar-refractivity contribution in [1.82, 2.24) is 9.21 Å². The van der Waals surface area contributed by atoms with E-state index in [1.54, 1.807) is 17.5 Å². The smallest absolute Gasteiger partial charge is 0.252 e. The average molecular weight is 422 g/mol. The van der Waals surface area contributed by atoms with Gasteiger partial charge in [-0.1, -0.05) is 38.1 Å². The number of piperazine rings is 1. The van der Waals surface area contributed by atoms with Crippen LogP contribution in [0, 0.1) is 0 Å². The molecule has 1 fully saturated rings. The molecule has 3 rings (SSSR count). The molecule has 28 heavy (non-hydrogen) atoms. The number of carbonyl (C=O) groups is 1. The first-order valence-electron chi connectivity index (χ1n) is 9.48. The highest BCUT2D eigenvalue weighted by Crippen LogP contribution is 2.25. The molecular weight excluding hydrogens is 394 g/mol. The molecule has 0 aliphatic carbocycles. The molecular formula is C20H27N3O3S2. The fourth-order valence-electron chi connectivity index (χ4n) is 3.39. The van der Waals surface area contributed by atoms with Crippen LogP contribution >= 0.6 is 11.3 Å². The summed E-state index contributed by atoms with van der Waals surface area (Å²) >= 11 is 1.23. The zero-order valence-corrected chi connectivity index (χ0v) is 18.1. The Bertz CT molecular complexity index is 903. The van der Waals surface area contributed by atoms with Crippen LogP contribution in [-0.2, 0) is 14.8 Å². The van der Waals surface area contributed by atoms with Gasteiger partial charge in [-0.2, -0.15) is 4.31 Å². The highest BCUT2D eigenvalue weighted by molar-refractivity contribution is 7.91. The topological polar surface area (TPSA) is 69.7 Å². The number of rotatable bonds is 6. The molecule has 152 valence electrons. The molecule has 0 bridgehead atoms. The number of sulfonamides is 1. The third-order valence-electron chi connectivity index (χ3n) is 5.13. The van der Waals surface area contributed by atoms with Crippen LogP contribution in [0.2, 0.25) is 0 Å². The van der Waals surface area contributed by atoms with Gasteiger partial charge in [0.2, 0.25) is 5.91 Å². The van der Waals surface area contributed by atoms with Crippen molar-refractivity contribution in [3.05, 3.63) is 47.3 Å². The Balaban J connectivity index is 1.61. The number of benzene rings is 1. The second-order valence-corrected chi connectivity index (χ2v) is 10.4. The van der Waals surface area contributed by atoms with Gasteiger partial charge in [0.1, 0.15) is 4.21 Å². The maximum Gasteiger partial charge on any atom is 0.252 e. The van der Waals surface area contributed by atoms with Crippen molar-refractivity contribution in [2.75, 3.05) is 31.5 Å². The number of nitrogens with zero attached hydrogens (tertiary/aromatic N) is 2. The first-order chi connectivity index (χ1) is 13.3. The lowest BCUT2D eigenvalue weighted by atomic mass is 10.0. The van der Waals surface area contributed by atoms with Crippen LogP contribution in [0.15, 0.2) is 46.0 Å². The van der Waals surface area contributed by atoms with Crippen LogP contribution in [0.1, 0.15) is 32.3 Å². The van der Waals surface area contributed by atoms with E-state index >= 15 is 0 Å². The largest absolute Gasteiger partial charge is 0.324 e. The Kier molecular flexibility index (Phi) is 6.54. The number of anilines is 1. The average Bonchev–Trinajstić information content (AvgIpc) is 3.23. The molecule has 1 atom stereocenters. The molecule has 1 aliphatic rings. The minimum absolute atomic E-state index is 0.0670. The molecule has 1 aromatic carbocycles. The second kappa shape index (κ2) is 8.73. The number of thiophene rings is 1. The summed E-state index contributed by atoms with van der Waals surface area (Å²) in [7, 11) is -3.43. The summed E-state index contributed by atoms with van der Waals surface area (Å²) in [5.74, 6) is 0.250. The molecule has 8 heteroatoms. The molecule has 2 heterocycles. The van der Waals surface area contributed by atoms with Gasteiger partial charge in [0.25, 0.3) is 10.0 Å². The minimum atomic E-state index is -3.43. The Morgan fingerprint density at radius 1 is 1.04 bits per heavy atom. The van der Waals surface area contributed by atoms with Crippen molar-refractivity contribution < 1.29 is 13.2 Å². The van der Waals surface area contributed by atoms with Crippen LogP contribution in [0.4, 0.5) is 5.69 Å². The van der Waals surface area contributed by atoms with Crippen LogP contribution < -0.4 is 5.32 Å². The summed E-state index contributed by atoms with van der Waals surface area (Å²) in [5, 5.41) is 4.81.